The van der Waals surface area contributed by atoms with Gasteiger partial charge in [-0.25, -0.2) is 0 Å². The molecule has 0 aromatic rings. The van der Waals surface area contributed by atoms with E-state index in [9.17, 15) is 9.59 Å². The van der Waals surface area contributed by atoms with Gasteiger partial charge in [0.25, 0.3) is 0 Å². The van der Waals surface area contributed by atoms with Crippen molar-refractivity contribution in [2.45, 2.75) is 39.3 Å². The van der Waals surface area contributed by atoms with Crippen LogP contribution in [0, 0.1) is 5.92 Å². The van der Waals surface area contributed by atoms with Crippen molar-refractivity contribution in [3.05, 3.63) is 0 Å². The number of rotatable bonds is 5. The fourth-order valence-electron chi connectivity index (χ4n) is 0.893. The van der Waals surface area contributed by atoms with Crippen LogP contribution in [0.3, 0.4) is 0 Å². The highest BCUT2D eigenvalue weighted by atomic mass is 35.5. The maximum Gasteiger partial charge on any atom is 0.239 e. The normalized spacial score (nSPS) is 15.7. The highest BCUT2D eigenvalue weighted by Gasteiger charge is 2.21. The molecule has 0 aliphatic heterocycles. The smallest absolute Gasteiger partial charge is 0.239 e. The van der Waals surface area contributed by atoms with Crippen molar-refractivity contribution in [1.82, 2.24) is 5.32 Å². The number of carbonyl (C=O) groups is 2. The quantitative estimate of drug-likeness (QED) is 0.616. The highest BCUT2D eigenvalue weighted by Crippen LogP contribution is 2.05. The molecule has 0 rings (SSSR count). The van der Waals surface area contributed by atoms with E-state index in [-0.39, 0.29) is 24.2 Å². The predicted molar refractivity (Wildman–Crippen MR) is 61.5 cm³/mol. The molecule has 0 heterocycles. The number of halogens is 1. The van der Waals surface area contributed by atoms with E-state index in [1.54, 1.807) is 0 Å². The van der Waals surface area contributed by atoms with Crippen LogP contribution >= 0.6 is 12.4 Å². The average molecular weight is 238 g/mol. The third kappa shape index (κ3) is 5.59. The van der Waals surface area contributed by atoms with Gasteiger partial charge in [0.1, 0.15) is 6.04 Å². The number of nitrogens with two attached hydrogens (primary N) is 2. The summed E-state index contributed by atoms with van der Waals surface area (Å²) in [5.74, 6) is -0.796. The Balaban J connectivity index is 0. The third-order valence-electron chi connectivity index (χ3n) is 2.35. The summed E-state index contributed by atoms with van der Waals surface area (Å²) < 4.78 is 0. The summed E-state index contributed by atoms with van der Waals surface area (Å²) in [5.41, 5.74) is 10.7. The van der Waals surface area contributed by atoms with Gasteiger partial charge in [0.05, 0.1) is 6.04 Å². The molecular formula is C9H20ClN3O2. The van der Waals surface area contributed by atoms with E-state index >= 15 is 0 Å². The number of hydrogen-bond acceptors (Lipinski definition) is 3. The third-order valence-corrected chi connectivity index (χ3v) is 2.35. The van der Waals surface area contributed by atoms with Crippen molar-refractivity contribution in [1.29, 1.82) is 0 Å². The maximum atomic E-state index is 11.4. The molecule has 0 aromatic carbocycles. The topological polar surface area (TPSA) is 98.2 Å². The van der Waals surface area contributed by atoms with Crippen molar-refractivity contribution in [3.63, 3.8) is 0 Å². The van der Waals surface area contributed by atoms with E-state index in [1.165, 1.54) is 6.92 Å². The highest BCUT2D eigenvalue weighted by molar-refractivity contribution is 5.88. The second kappa shape index (κ2) is 7.48. The van der Waals surface area contributed by atoms with Crippen LogP contribution in [0.25, 0.3) is 0 Å². The molecule has 15 heavy (non-hydrogen) atoms. The fraction of sp³-hybridized carbons (Fsp3) is 0.778. The molecule has 0 aliphatic rings. The summed E-state index contributed by atoms with van der Waals surface area (Å²) in [6.45, 7) is 5.37. The minimum atomic E-state index is -0.669. The van der Waals surface area contributed by atoms with E-state index in [4.69, 9.17) is 11.5 Å². The molecular weight excluding hydrogens is 218 g/mol. The Bertz CT molecular complexity index is 223. The first kappa shape index (κ1) is 16.6. The first-order valence-corrected chi connectivity index (χ1v) is 4.75. The van der Waals surface area contributed by atoms with Gasteiger partial charge in [-0.15, -0.1) is 12.4 Å². The monoisotopic (exact) mass is 237 g/mol. The molecule has 0 aromatic heterocycles. The van der Waals surface area contributed by atoms with Crippen LogP contribution in [-0.2, 0) is 9.59 Å². The summed E-state index contributed by atoms with van der Waals surface area (Å²) in [7, 11) is 0. The minimum absolute atomic E-state index is 0. The van der Waals surface area contributed by atoms with Crippen molar-refractivity contribution >= 4 is 24.2 Å². The number of amides is 2. The van der Waals surface area contributed by atoms with Crippen LogP contribution in [0.15, 0.2) is 0 Å². The number of primary amides is 1. The molecule has 6 heteroatoms. The number of nitrogens with one attached hydrogen (secondary N) is 1. The molecule has 0 fully saturated rings. The van der Waals surface area contributed by atoms with Crippen LogP contribution in [0.4, 0.5) is 0 Å². The van der Waals surface area contributed by atoms with E-state index in [1.807, 2.05) is 13.8 Å². The first-order valence-electron chi connectivity index (χ1n) is 4.75. The summed E-state index contributed by atoms with van der Waals surface area (Å²) >= 11 is 0. The van der Waals surface area contributed by atoms with E-state index in [0.717, 1.165) is 6.42 Å². The first-order chi connectivity index (χ1) is 6.40. The molecule has 0 saturated carbocycles. The molecule has 0 spiro atoms. The van der Waals surface area contributed by atoms with Gasteiger partial charge in [-0.05, 0) is 12.8 Å². The lowest BCUT2D eigenvalue weighted by Crippen LogP contribution is -2.51. The van der Waals surface area contributed by atoms with Gasteiger partial charge >= 0.3 is 0 Å². The molecule has 3 atom stereocenters. The lowest BCUT2D eigenvalue weighted by molar-refractivity contribution is -0.128. The Morgan fingerprint density at radius 3 is 2.13 bits per heavy atom. The Kier molecular flexibility index (Phi) is 8.28. The number of carbonyl (C=O) groups excluding carboxylic acids is 2. The SMILES string of the molecule is CCC(C)C(N)C(=O)NC(C)C(N)=O.Cl. The molecule has 2 amide bonds. The lowest BCUT2D eigenvalue weighted by atomic mass is 9.99. The lowest BCUT2D eigenvalue weighted by Gasteiger charge is -2.19. The number of hydrogen-bond donors (Lipinski definition) is 3. The predicted octanol–water partition coefficient (Wildman–Crippen LogP) is -0.228. The van der Waals surface area contributed by atoms with Gasteiger partial charge in [-0.1, -0.05) is 20.3 Å². The zero-order valence-electron chi connectivity index (χ0n) is 9.32. The summed E-state index contributed by atoms with van der Waals surface area (Å²) in [4.78, 5) is 22.1. The Hall–Kier alpha value is -0.810. The summed E-state index contributed by atoms with van der Waals surface area (Å²) in [6.07, 6.45) is 0.819. The van der Waals surface area contributed by atoms with Crippen molar-refractivity contribution in [3.8, 4) is 0 Å². The van der Waals surface area contributed by atoms with Gasteiger partial charge in [0, 0.05) is 0 Å². The standard InChI is InChI=1S/C9H19N3O2.ClH/c1-4-5(2)7(10)9(14)12-6(3)8(11)13;/h5-7H,4,10H2,1-3H3,(H2,11,13)(H,12,14);1H. The maximum absolute atomic E-state index is 11.4. The largest absolute Gasteiger partial charge is 0.368 e. The van der Waals surface area contributed by atoms with Crippen LogP contribution in [0.5, 0.6) is 0 Å². The molecule has 3 unspecified atom stereocenters. The second-order valence-electron chi connectivity index (χ2n) is 3.54. The van der Waals surface area contributed by atoms with Gasteiger partial charge in [0.15, 0.2) is 0 Å². The van der Waals surface area contributed by atoms with Gasteiger partial charge in [-0.3, -0.25) is 9.59 Å². The molecule has 5 nitrogen and oxygen atoms in total. The summed E-state index contributed by atoms with van der Waals surface area (Å²) in [5, 5.41) is 2.46. The zero-order chi connectivity index (χ0) is 11.3. The molecule has 0 bridgehead atoms. The molecule has 5 N–H and O–H groups in total. The van der Waals surface area contributed by atoms with Crippen LogP contribution in [-0.4, -0.2) is 23.9 Å². The molecule has 0 aliphatic carbocycles. The fourth-order valence-corrected chi connectivity index (χ4v) is 0.893. The van der Waals surface area contributed by atoms with Crippen LogP contribution in [0.1, 0.15) is 27.2 Å². The van der Waals surface area contributed by atoms with Gasteiger partial charge in [-0.2, -0.15) is 0 Å². The molecule has 0 radical (unpaired) electrons. The summed E-state index contributed by atoms with van der Waals surface area (Å²) in [6, 6.07) is -1.25. The van der Waals surface area contributed by atoms with Crippen molar-refractivity contribution in [2.24, 2.45) is 17.4 Å². The van der Waals surface area contributed by atoms with Crippen LogP contribution in [0.2, 0.25) is 0 Å². The molecule has 0 saturated heterocycles. The second-order valence-corrected chi connectivity index (χ2v) is 3.54. The van der Waals surface area contributed by atoms with Crippen molar-refractivity contribution in [2.75, 3.05) is 0 Å². The van der Waals surface area contributed by atoms with Gasteiger partial charge in [0.2, 0.25) is 11.8 Å². The molecule has 90 valence electrons. The van der Waals surface area contributed by atoms with Gasteiger partial charge < -0.3 is 16.8 Å². The zero-order valence-corrected chi connectivity index (χ0v) is 10.1. The Morgan fingerprint density at radius 2 is 1.80 bits per heavy atom. The Morgan fingerprint density at radius 1 is 1.33 bits per heavy atom. The van der Waals surface area contributed by atoms with E-state index in [2.05, 4.69) is 5.32 Å². The average Bonchev–Trinajstić information content (AvgIpc) is 2.14. The van der Waals surface area contributed by atoms with Crippen molar-refractivity contribution < 1.29 is 9.59 Å². The Labute approximate surface area is 96.4 Å². The minimum Gasteiger partial charge on any atom is -0.368 e. The van der Waals surface area contributed by atoms with Crippen LogP contribution < -0.4 is 16.8 Å². The van der Waals surface area contributed by atoms with E-state index < -0.39 is 18.0 Å². The van der Waals surface area contributed by atoms with E-state index in [0.29, 0.717) is 0 Å².